The van der Waals surface area contributed by atoms with Crippen molar-refractivity contribution in [2.24, 2.45) is 13.0 Å². The van der Waals surface area contributed by atoms with Gasteiger partial charge in [-0.15, -0.1) is 0 Å². The fraction of sp³-hybridized carbons (Fsp3) is 0.556. The van der Waals surface area contributed by atoms with E-state index >= 15 is 0 Å². The number of rotatable bonds is 7. The molecule has 0 bridgehead atoms. The summed E-state index contributed by atoms with van der Waals surface area (Å²) in [7, 11) is 6.41. The minimum Gasteiger partial charge on any atom is -0.350 e. The van der Waals surface area contributed by atoms with Gasteiger partial charge in [0.15, 0.2) is 0 Å². The Hall–Kier alpha value is -1.32. The molecular weight excluding hydrogens is 258 g/mol. The molecule has 0 aliphatic rings. The highest BCUT2D eigenvalue weighted by Crippen LogP contribution is 2.20. The van der Waals surface area contributed by atoms with Crippen molar-refractivity contribution in [3.63, 3.8) is 0 Å². The Kier molecular flexibility index (Phi) is 5.43. The molecule has 0 aliphatic heterocycles. The molecule has 1 N–H and O–H groups in total. The lowest BCUT2D eigenvalue weighted by atomic mass is 10.0. The van der Waals surface area contributed by atoms with Crippen LogP contribution in [0.4, 0.5) is 0 Å². The molecule has 116 valence electrons. The van der Waals surface area contributed by atoms with Gasteiger partial charge in [-0.1, -0.05) is 32.0 Å². The molecule has 0 saturated carbocycles. The van der Waals surface area contributed by atoms with E-state index in [1.54, 1.807) is 0 Å². The smallest absolute Gasteiger partial charge is 0.0481 e. The SMILES string of the molecule is CC(C)CC(CN(C)C)NCc1cn(C)c2ccccc12. The fourth-order valence-corrected chi connectivity index (χ4v) is 3.05. The molecule has 0 radical (unpaired) electrons. The lowest BCUT2D eigenvalue weighted by Gasteiger charge is -2.24. The van der Waals surface area contributed by atoms with E-state index in [4.69, 9.17) is 0 Å². The summed E-state index contributed by atoms with van der Waals surface area (Å²) in [6.45, 7) is 6.61. The summed E-state index contributed by atoms with van der Waals surface area (Å²) in [5.74, 6) is 0.718. The first-order valence-corrected chi connectivity index (χ1v) is 7.88. The topological polar surface area (TPSA) is 20.2 Å². The molecular formula is C18H29N3. The maximum atomic E-state index is 3.75. The van der Waals surface area contributed by atoms with Crippen LogP contribution in [-0.2, 0) is 13.6 Å². The molecule has 21 heavy (non-hydrogen) atoms. The Morgan fingerprint density at radius 1 is 1.19 bits per heavy atom. The molecule has 1 unspecified atom stereocenters. The molecule has 1 aromatic heterocycles. The first kappa shape index (κ1) is 16.1. The van der Waals surface area contributed by atoms with Crippen molar-refractivity contribution in [3.05, 3.63) is 36.0 Å². The first-order chi connectivity index (χ1) is 9.97. The molecule has 0 amide bonds. The fourth-order valence-electron chi connectivity index (χ4n) is 3.05. The van der Waals surface area contributed by atoms with Gasteiger partial charge in [-0.25, -0.2) is 0 Å². The summed E-state index contributed by atoms with van der Waals surface area (Å²) < 4.78 is 2.22. The van der Waals surface area contributed by atoms with Crippen LogP contribution in [0.1, 0.15) is 25.8 Å². The third-order valence-corrected chi connectivity index (χ3v) is 3.90. The molecule has 0 aliphatic carbocycles. The van der Waals surface area contributed by atoms with E-state index in [0.717, 1.165) is 19.0 Å². The number of hydrogen-bond acceptors (Lipinski definition) is 2. The second kappa shape index (κ2) is 7.10. The summed E-state index contributed by atoms with van der Waals surface area (Å²) in [5.41, 5.74) is 2.70. The van der Waals surface area contributed by atoms with Gasteiger partial charge >= 0.3 is 0 Å². The summed E-state index contributed by atoms with van der Waals surface area (Å²) in [6, 6.07) is 9.17. The third kappa shape index (κ3) is 4.32. The molecule has 2 aromatic rings. The lowest BCUT2D eigenvalue weighted by Crippen LogP contribution is -2.38. The van der Waals surface area contributed by atoms with Gasteiger partial charge in [0.05, 0.1) is 0 Å². The number of aryl methyl sites for hydroxylation is 1. The number of fused-ring (bicyclic) bond motifs is 1. The monoisotopic (exact) mass is 287 g/mol. The van der Waals surface area contributed by atoms with Crippen molar-refractivity contribution < 1.29 is 0 Å². The summed E-state index contributed by atoms with van der Waals surface area (Å²) >= 11 is 0. The second-order valence-corrected chi connectivity index (χ2v) is 6.75. The number of likely N-dealkylation sites (N-methyl/N-ethyl adjacent to an activating group) is 1. The number of hydrogen-bond donors (Lipinski definition) is 1. The van der Waals surface area contributed by atoms with Crippen LogP contribution in [0.2, 0.25) is 0 Å². The summed E-state index contributed by atoms with van der Waals surface area (Å²) in [4.78, 5) is 2.27. The van der Waals surface area contributed by atoms with E-state index in [0.29, 0.717) is 6.04 Å². The van der Waals surface area contributed by atoms with Crippen LogP contribution in [0.25, 0.3) is 10.9 Å². The number of nitrogens with one attached hydrogen (secondary N) is 1. The zero-order valence-electron chi connectivity index (χ0n) is 14.1. The number of nitrogens with zero attached hydrogens (tertiary/aromatic N) is 2. The molecule has 0 fully saturated rings. The standard InChI is InChI=1S/C18H29N3/c1-14(2)10-16(13-20(3)4)19-11-15-12-21(5)18-9-7-6-8-17(15)18/h6-9,12,14,16,19H,10-11,13H2,1-5H3. The largest absolute Gasteiger partial charge is 0.350 e. The van der Waals surface area contributed by atoms with Crippen LogP contribution >= 0.6 is 0 Å². The summed E-state index contributed by atoms with van der Waals surface area (Å²) in [6.07, 6.45) is 3.46. The second-order valence-electron chi connectivity index (χ2n) is 6.75. The minimum absolute atomic E-state index is 0.541. The van der Waals surface area contributed by atoms with E-state index in [-0.39, 0.29) is 0 Å². The first-order valence-electron chi connectivity index (χ1n) is 7.88. The molecule has 1 heterocycles. The predicted molar refractivity (Wildman–Crippen MR) is 91.6 cm³/mol. The van der Waals surface area contributed by atoms with Gasteiger partial charge < -0.3 is 14.8 Å². The number of aromatic nitrogens is 1. The lowest BCUT2D eigenvalue weighted by molar-refractivity contribution is 0.305. The van der Waals surface area contributed by atoms with Crippen molar-refractivity contribution in [3.8, 4) is 0 Å². The van der Waals surface area contributed by atoms with Crippen molar-refractivity contribution in [2.45, 2.75) is 32.9 Å². The summed E-state index contributed by atoms with van der Waals surface area (Å²) in [5, 5.41) is 5.11. The van der Waals surface area contributed by atoms with Crippen LogP contribution in [0.3, 0.4) is 0 Å². The Morgan fingerprint density at radius 2 is 1.90 bits per heavy atom. The highest BCUT2D eigenvalue weighted by atomic mass is 15.1. The zero-order valence-corrected chi connectivity index (χ0v) is 14.1. The van der Waals surface area contributed by atoms with Gasteiger partial charge in [0.1, 0.15) is 0 Å². The predicted octanol–water partition coefficient (Wildman–Crippen LogP) is 3.24. The maximum Gasteiger partial charge on any atom is 0.0481 e. The Morgan fingerprint density at radius 3 is 2.57 bits per heavy atom. The van der Waals surface area contributed by atoms with Gasteiger partial charge in [0, 0.05) is 43.3 Å². The van der Waals surface area contributed by atoms with Gasteiger partial charge in [0.2, 0.25) is 0 Å². The van der Waals surface area contributed by atoms with Crippen LogP contribution in [0.15, 0.2) is 30.5 Å². The molecule has 2 rings (SSSR count). The minimum atomic E-state index is 0.541. The normalized spacial score (nSPS) is 13.5. The van der Waals surface area contributed by atoms with Gasteiger partial charge in [-0.05, 0) is 38.1 Å². The van der Waals surface area contributed by atoms with E-state index < -0.39 is 0 Å². The molecule has 1 aromatic carbocycles. The van der Waals surface area contributed by atoms with Crippen molar-refractivity contribution in [1.29, 1.82) is 0 Å². The van der Waals surface area contributed by atoms with Crippen LogP contribution in [0.5, 0.6) is 0 Å². The van der Waals surface area contributed by atoms with Crippen molar-refractivity contribution >= 4 is 10.9 Å². The third-order valence-electron chi connectivity index (χ3n) is 3.90. The van der Waals surface area contributed by atoms with Crippen molar-refractivity contribution in [2.75, 3.05) is 20.6 Å². The molecule has 0 spiro atoms. The maximum absolute atomic E-state index is 3.75. The quantitative estimate of drug-likeness (QED) is 0.843. The van der Waals surface area contributed by atoms with Crippen LogP contribution in [0, 0.1) is 5.92 Å². The van der Waals surface area contributed by atoms with Crippen LogP contribution < -0.4 is 5.32 Å². The highest BCUT2D eigenvalue weighted by Gasteiger charge is 2.13. The van der Waals surface area contributed by atoms with E-state index in [2.05, 4.69) is 80.2 Å². The highest BCUT2D eigenvalue weighted by molar-refractivity contribution is 5.83. The van der Waals surface area contributed by atoms with E-state index in [9.17, 15) is 0 Å². The molecule has 3 nitrogen and oxygen atoms in total. The molecule has 3 heteroatoms. The van der Waals surface area contributed by atoms with Gasteiger partial charge in [-0.3, -0.25) is 0 Å². The zero-order chi connectivity index (χ0) is 15.4. The molecule has 1 atom stereocenters. The van der Waals surface area contributed by atoms with Gasteiger partial charge in [-0.2, -0.15) is 0 Å². The van der Waals surface area contributed by atoms with Gasteiger partial charge in [0.25, 0.3) is 0 Å². The Balaban J connectivity index is 2.08. The van der Waals surface area contributed by atoms with Crippen LogP contribution in [-0.4, -0.2) is 36.1 Å². The average Bonchev–Trinajstić information content (AvgIpc) is 2.72. The van der Waals surface area contributed by atoms with Crippen molar-refractivity contribution in [1.82, 2.24) is 14.8 Å². The Bertz CT molecular complexity index is 559. The van der Waals surface area contributed by atoms with E-state index in [1.165, 1.54) is 22.9 Å². The molecule has 0 saturated heterocycles. The number of para-hydroxylation sites is 1. The van der Waals surface area contributed by atoms with E-state index in [1.807, 2.05) is 0 Å². The average molecular weight is 287 g/mol. The number of benzene rings is 1. The Labute approximate surface area is 128 Å².